The van der Waals surface area contributed by atoms with Gasteiger partial charge < -0.3 is 10.2 Å². The minimum Gasteiger partial charge on any atom is -0.352 e. The van der Waals surface area contributed by atoms with Gasteiger partial charge in [0.25, 0.3) is 5.91 Å². The summed E-state index contributed by atoms with van der Waals surface area (Å²) < 4.78 is 0. The molecule has 2 aliphatic rings. The molecule has 2 amide bonds. The van der Waals surface area contributed by atoms with Gasteiger partial charge in [0.15, 0.2) is 0 Å². The molecule has 0 bridgehead atoms. The summed E-state index contributed by atoms with van der Waals surface area (Å²) in [6.45, 7) is 4.26. The van der Waals surface area contributed by atoms with E-state index >= 15 is 0 Å². The van der Waals surface area contributed by atoms with Crippen molar-refractivity contribution < 1.29 is 9.59 Å². The molecule has 0 radical (unpaired) electrons. The van der Waals surface area contributed by atoms with Gasteiger partial charge in [-0.15, -0.1) is 0 Å². The molecule has 1 N–H and O–H groups in total. The standard InChI is InChI=1S/C16H20Cl2N4O2/c1-10(15(23)19-11-2-3-11)21-6-8-22(9-7-21)16(24)14-12(17)4-5-13(18)20-14/h4-5,10-11H,2-3,6-9H2,1H3,(H,19,23). The lowest BCUT2D eigenvalue weighted by Crippen LogP contribution is -2.55. The van der Waals surface area contributed by atoms with Crippen molar-refractivity contribution in [1.29, 1.82) is 0 Å². The Balaban J connectivity index is 1.57. The van der Waals surface area contributed by atoms with Gasteiger partial charge in [-0.25, -0.2) is 4.98 Å². The SMILES string of the molecule is CC(C(=O)NC1CC1)N1CCN(C(=O)c2nc(Cl)ccc2Cl)CC1. The predicted octanol–water partition coefficient (Wildman–Crippen LogP) is 1.81. The maximum absolute atomic E-state index is 12.6. The van der Waals surface area contributed by atoms with Gasteiger partial charge in [-0.05, 0) is 31.9 Å². The van der Waals surface area contributed by atoms with E-state index in [0.717, 1.165) is 12.8 Å². The summed E-state index contributed by atoms with van der Waals surface area (Å²) in [5.74, 6) is -0.158. The van der Waals surface area contributed by atoms with E-state index in [1.807, 2.05) is 6.92 Å². The van der Waals surface area contributed by atoms with Crippen LogP contribution >= 0.6 is 23.2 Å². The van der Waals surface area contributed by atoms with Crippen molar-refractivity contribution in [1.82, 2.24) is 20.1 Å². The van der Waals surface area contributed by atoms with E-state index in [2.05, 4.69) is 15.2 Å². The molecular formula is C16H20Cl2N4O2. The number of carbonyl (C=O) groups is 2. The molecule has 1 aliphatic heterocycles. The first-order valence-electron chi connectivity index (χ1n) is 8.11. The molecular weight excluding hydrogens is 351 g/mol. The van der Waals surface area contributed by atoms with Gasteiger partial charge in [-0.3, -0.25) is 14.5 Å². The number of hydrogen-bond acceptors (Lipinski definition) is 4. The minimum atomic E-state index is -0.225. The van der Waals surface area contributed by atoms with Crippen molar-refractivity contribution in [2.45, 2.75) is 31.8 Å². The Bertz CT molecular complexity index is 643. The molecule has 8 heteroatoms. The molecule has 1 unspecified atom stereocenters. The second-order valence-corrected chi connectivity index (χ2v) is 7.05. The highest BCUT2D eigenvalue weighted by Crippen LogP contribution is 2.21. The number of carbonyl (C=O) groups excluding carboxylic acids is 2. The van der Waals surface area contributed by atoms with Crippen molar-refractivity contribution in [2.24, 2.45) is 0 Å². The summed E-state index contributed by atoms with van der Waals surface area (Å²) in [5.41, 5.74) is 0.178. The number of nitrogens with zero attached hydrogens (tertiary/aromatic N) is 3. The highest BCUT2D eigenvalue weighted by atomic mass is 35.5. The summed E-state index contributed by atoms with van der Waals surface area (Å²) >= 11 is 11.9. The molecule has 6 nitrogen and oxygen atoms in total. The molecule has 0 spiro atoms. The summed E-state index contributed by atoms with van der Waals surface area (Å²) in [5, 5.41) is 3.56. The second kappa shape index (κ2) is 7.25. The maximum Gasteiger partial charge on any atom is 0.274 e. The zero-order valence-electron chi connectivity index (χ0n) is 13.5. The van der Waals surface area contributed by atoms with Crippen LogP contribution in [0, 0.1) is 0 Å². The molecule has 1 aromatic rings. The first-order valence-corrected chi connectivity index (χ1v) is 8.87. The smallest absolute Gasteiger partial charge is 0.274 e. The summed E-state index contributed by atoms with van der Waals surface area (Å²) in [6.07, 6.45) is 2.16. The molecule has 1 saturated carbocycles. The lowest BCUT2D eigenvalue weighted by molar-refractivity contribution is -0.126. The monoisotopic (exact) mass is 370 g/mol. The Hall–Kier alpha value is -1.37. The van der Waals surface area contributed by atoms with Gasteiger partial charge in [0.2, 0.25) is 5.91 Å². The van der Waals surface area contributed by atoms with Crippen LogP contribution in [0.4, 0.5) is 0 Å². The average molecular weight is 371 g/mol. The number of nitrogens with one attached hydrogen (secondary N) is 1. The quantitative estimate of drug-likeness (QED) is 0.820. The van der Waals surface area contributed by atoms with Crippen molar-refractivity contribution in [3.05, 3.63) is 28.0 Å². The molecule has 0 aromatic carbocycles. The third-order valence-corrected chi connectivity index (χ3v) is 4.98. The topological polar surface area (TPSA) is 65.5 Å². The highest BCUT2D eigenvalue weighted by Gasteiger charge is 2.31. The number of rotatable bonds is 4. The number of aromatic nitrogens is 1. The average Bonchev–Trinajstić information content (AvgIpc) is 3.40. The van der Waals surface area contributed by atoms with Gasteiger partial charge in [-0.1, -0.05) is 23.2 Å². The van der Waals surface area contributed by atoms with E-state index in [1.165, 1.54) is 0 Å². The number of pyridine rings is 1. The van der Waals surface area contributed by atoms with Crippen LogP contribution in [0.5, 0.6) is 0 Å². The van der Waals surface area contributed by atoms with Gasteiger partial charge in [0, 0.05) is 32.2 Å². The Morgan fingerprint density at radius 1 is 1.21 bits per heavy atom. The fourth-order valence-electron chi connectivity index (χ4n) is 2.75. The van der Waals surface area contributed by atoms with Crippen LogP contribution < -0.4 is 5.32 Å². The second-order valence-electron chi connectivity index (χ2n) is 6.25. The largest absolute Gasteiger partial charge is 0.352 e. The van der Waals surface area contributed by atoms with Crippen molar-refractivity contribution in [2.75, 3.05) is 26.2 Å². The Morgan fingerprint density at radius 2 is 1.88 bits per heavy atom. The lowest BCUT2D eigenvalue weighted by atomic mass is 10.2. The van der Waals surface area contributed by atoms with E-state index in [0.29, 0.717) is 37.2 Å². The number of halogens is 2. The molecule has 2 heterocycles. The summed E-state index contributed by atoms with van der Waals surface area (Å²) in [4.78, 5) is 32.5. The van der Waals surface area contributed by atoms with E-state index in [1.54, 1.807) is 17.0 Å². The van der Waals surface area contributed by atoms with Crippen LogP contribution in [0.25, 0.3) is 0 Å². The van der Waals surface area contributed by atoms with E-state index in [4.69, 9.17) is 23.2 Å². The predicted molar refractivity (Wildman–Crippen MR) is 92.4 cm³/mol. The third-order valence-electron chi connectivity index (χ3n) is 4.47. The fraction of sp³-hybridized carbons (Fsp3) is 0.562. The Kier molecular flexibility index (Phi) is 5.27. The number of amides is 2. The third kappa shape index (κ3) is 3.99. The van der Waals surface area contributed by atoms with Crippen molar-refractivity contribution in [3.63, 3.8) is 0 Å². The van der Waals surface area contributed by atoms with Gasteiger partial charge in [-0.2, -0.15) is 0 Å². The zero-order chi connectivity index (χ0) is 17.3. The van der Waals surface area contributed by atoms with Crippen LogP contribution in [-0.2, 0) is 4.79 Å². The normalized spacial score (nSPS) is 19.9. The molecule has 130 valence electrons. The first kappa shape index (κ1) is 17.5. The summed E-state index contributed by atoms with van der Waals surface area (Å²) in [7, 11) is 0. The molecule has 1 aromatic heterocycles. The van der Waals surface area contributed by atoms with Crippen LogP contribution in [0.3, 0.4) is 0 Å². The van der Waals surface area contributed by atoms with Crippen LogP contribution in [0.1, 0.15) is 30.3 Å². The molecule has 2 fully saturated rings. The van der Waals surface area contributed by atoms with Crippen LogP contribution in [0.15, 0.2) is 12.1 Å². The molecule has 1 aliphatic carbocycles. The van der Waals surface area contributed by atoms with E-state index in [-0.39, 0.29) is 28.7 Å². The summed E-state index contributed by atoms with van der Waals surface area (Å²) in [6, 6.07) is 3.30. The zero-order valence-corrected chi connectivity index (χ0v) is 15.0. The van der Waals surface area contributed by atoms with Crippen molar-refractivity contribution >= 4 is 35.0 Å². The van der Waals surface area contributed by atoms with E-state index in [9.17, 15) is 9.59 Å². The van der Waals surface area contributed by atoms with Crippen molar-refractivity contribution in [3.8, 4) is 0 Å². The van der Waals surface area contributed by atoms with Crippen LogP contribution in [-0.4, -0.2) is 64.9 Å². The molecule has 24 heavy (non-hydrogen) atoms. The highest BCUT2D eigenvalue weighted by molar-refractivity contribution is 6.34. The lowest BCUT2D eigenvalue weighted by Gasteiger charge is -2.37. The Morgan fingerprint density at radius 3 is 2.50 bits per heavy atom. The van der Waals surface area contributed by atoms with Gasteiger partial charge in [0.1, 0.15) is 10.8 Å². The number of piperazine rings is 1. The van der Waals surface area contributed by atoms with Gasteiger partial charge in [0.05, 0.1) is 11.1 Å². The molecule has 1 saturated heterocycles. The molecule has 1 atom stereocenters. The maximum atomic E-state index is 12.6. The first-order chi connectivity index (χ1) is 11.5. The van der Waals surface area contributed by atoms with Gasteiger partial charge >= 0.3 is 0 Å². The Labute approximate surface area is 151 Å². The van der Waals surface area contributed by atoms with E-state index < -0.39 is 0 Å². The minimum absolute atomic E-state index is 0.0665. The van der Waals surface area contributed by atoms with Crippen LogP contribution in [0.2, 0.25) is 10.2 Å². The number of hydrogen-bond donors (Lipinski definition) is 1. The molecule has 3 rings (SSSR count). The fourth-order valence-corrected chi connectivity index (χ4v) is 3.08.